The fraction of sp³-hybridized carbons (Fsp3) is 0.192. The average molecular weight is 462 g/mol. The van der Waals surface area contributed by atoms with E-state index in [0.717, 1.165) is 35.5 Å². The van der Waals surface area contributed by atoms with Crippen LogP contribution >= 0.6 is 0 Å². The van der Waals surface area contributed by atoms with E-state index in [0.29, 0.717) is 18.8 Å². The van der Waals surface area contributed by atoms with E-state index in [-0.39, 0.29) is 5.91 Å². The van der Waals surface area contributed by atoms with Crippen LogP contribution in [-0.4, -0.2) is 45.4 Å². The van der Waals surface area contributed by atoms with E-state index >= 15 is 0 Å². The SMILES string of the molecule is Cc1ccccc1C(=O)N1CCN(c2ccc(NS(=O)(=O)/C=C/c3ccccc3)cc2)CC1. The number of benzene rings is 3. The molecule has 3 aromatic rings. The van der Waals surface area contributed by atoms with Gasteiger partial charge in [-0.15, -0.1) is 0 Å². The van der Waals surface area contributed by atoms with Crippen LogP contribution in [-0.2, 0) is 10.0 Å². The molecular weight excluding hydrogens is 434 g/mol. The number of amides is 1. The maximum Gasteiger partial charge on any atom is 0.255 e. The van der Waals surface area contributed by atoms with Crippen LogP contribution in [0.4, 0.5) is 11.4 Å². The van der Waals surface area contributed by atoms with E-state index in [4.69, 9.17) is 0 Å². The summed E-state index contributed by atoms with van der Waals surface area (Å²) in [5.41, 5.74) is 4.06. The third-order valence-electron chi connectivity index (χ3n) is 5.67. The van der Waals surface area contributed by atoms with Gasteiger partial charge in [-0.1, -0.05) is 48.5 Å². The number of sulfonamides is 1. The number of carbonyl (C=O) groups is 1. The fourth-order valence-electron chi connectivity index (χ4n) is 3.82. The predicted octanol–water partition coefficient (Wildman–Crippen LogP) is 4.37. The summed E-state index contributed by atoms with van der Waals surface area (Å²) in [4.78, 5) is 16.9. The summed E-state index contributed by atoms with van der Waals surface area (Å²) in [5, 5.41) is 1.17. The second-order valence-electron chi connectivity index (χ2n) is 8.00. The third kappa shape index (κ3) is 5.81. The van der Waals surface area contributed by atoms with Crippen LogP contribution in [0.5, 0.6) is 0 Å². The van der Waals surface area contributed by atoms with Crippen molar-refractivity contribution in [2.45, 2.75) is 6.92 Å². The molecule has 0 spiro atoms. The minimum Gasteiger partial charge on any atom is -0.368 e. The van der Waals surface area contributed by atoms with Gasteiger partial charge < -0.3 is 9.80 Å². The first-order chi connectivity index (χ1) is 15.9. The lowest BCUT2D eigenvalue weighted by Crippen LogP contribution is -2.48. The molecule has 1 fully saturated rings. The van der Waals surface area contributed by atoms with Gasteiger partial charge in [-0.05, 0) is 54.5 Å². The van der Waals surface area contributed by atoms with Crippen molar-refractivity contribution in [2.24, 2.45) is 0 Å². The van der Waals surface area contributed by atoms with Crippen LogP contribution in [0.3, 0.4) is 0 Å². The first kappa shape index (κ1) is 22.6. The highest BCUT2D eigenvalue weighted by atomic mass is 32.2. The van der Waals surface area contributed by atoms with Crippen molar-refractivity contribution in [1.29, 1.82) is 0 Å². The summed E-state index contributed by atoms with van der Waals surface area (Å²) in [6, 6.07) is 24.3. The summed E-state index contributed by atoms with van der Waals surface area (Å²) in [7, 11) is -3.61. The van der Waals surface area contributed by atoms with Crippen molar-refractivity contribution in [2.75, 3.05) is 35.8 Å². The molecule has 1 amide bonds. The van der Waals surface area contributed by atoms with Gasteiger partial charge in [0, 0.05) is 43.1 Å². The number of nitrogens with one attached hydrogen (secondary N) is 1. The zero-order valence-electron chi connectivity index (χ0n) is 18.5. The Labute approximate surface area is 195 Å². The van der Waals surface area contributed by atoms with E-state index in [2.05, 4.69) is 9.62 Å². The Morgan fingerprint density at radius 3 is 2.15 bits per heavy atom. The third-order valence-corrected chi connectivity index (χ3v) is 6.69. The molecule has 1 heterocycles. The molecule has 6 nitrogen and oxygen atoms in total. The van der Waals surface area contributed by atoms with Crippen molar-refractivity contribution in [3.63, 3.8) is 0 Å². The molecule has 0 unspecified atom stereocenters. The Morgan fingerprint density at radius 1 is 0.848 bits per heavy atom. The maximum atomic E-state index is 12.8. The molecule has 7 heteroatoms. The molecule has 0 saturated carbocycles. The lowest BCUT2D eigenvalue weighted by Gasteiger charge is -2.36. The number of hydrogen-bond donors (Lipinski definition) is 1. The van der Waals surface area contributed by atoms with Crippen molar-refractivity contribution < 1.29 is 13.2 Å². The smallest absolute Gasteiger partial charge is 0.255 e. The summed E-state index contributed by atoms with van der Waals surface area (Å²) in [5.74, 6) is 0.0704. The minimum absolute atomic E-state index is 0.0704. The van der Waals surface area contributed by atoms with E-state index in [9.17, 15) is 13.2 Å². The Kier molecular flexibility index (Phi) is 6.79. The predicted molar refractivity (Wildman–Crippen MR) is 134 cm³/mol. The Hall–Kier alpha value is -3.58. The van der Waals surface area contributed by atoms with Gasteiger partial charge in [0.1, 0.15) is 0 Å². The summed E-state index contributed by atoms with van der Waals surface area (Å²) >= 11 is 0. The van der Waals surface area contributed by atoms with E-state index < -0.39 is 10.0 Å². The molecule has 170 valence electrons. The van der Waals surface area contributed by atoms with Crippen LogP contribution in [0.1, 0.15) is 21.5 Å². The molecule has 1 aliphatic heterocycles. The number of piperazine rings is 1. The number of nitrogens with zero attached hydrogens (tertiary/aromatic N) is 2. The second-order valence-corrected chi connectivity index (χ2v) is 9.57. The molecule has 3 aromatic carbocycles. The maximum absolute atomic E-state index is 12.8. The van der Waals surface area contributed by atoms with Gasteiger partial charge in [0.2, 0.25) is 0 Å². The highest BCUT2D eigenvalue weighted by molar-refractivity contribution is 7.95. The molecule has 0 radical (unpaired) electrons. The zero-order chi connectivity index (χ0) is 23.3. The number of aryl methyl sites for hydroxylation is 1. The molecule has 0 aliphatic carbocycles. The highest BCUT2D eigenvalue weighted by Gasteiger charge is 2.23. The first-order valence-corrected chi connectivity index (χ1v) is 12.4. The van der Waals surface area contributed by atoms with Crippen molar-refractivity contribution in [1.82, 2.24) is 4.90 Å². The number of anilines is 2. The van der Waals surface area contributed by atoms with Gasteiger partial charge >= 0.3 is 0 Å². The molecule has 1 N–H and O–H groups in total. The number of hydrogen-bond acceptors (Lipinski definition) is 4. The van der Waals surface area contributed by atoms with E-state index in [1.165, 1.54) is 5.41 Å². The zero-order valence-corrected chi connectivity index (χ0v) is 19.3. The molecule has 0 bridgehead atoms. The van der Waals surface area contributed by atoms with E-state index in [1.54, 1.807) is 18.2 Å². The summed E-state index contributed by atoms with van der Waals surface area (Å²) in [6.45, 7) is 4.69. The van der Waals surface area contributed by atoms with Crippen LogP contribution in [0.15, 0.2) is 84.3 Å². The molecule has 4 rings (SSSR count). The van der Waals surface area contributed by atoms with Gasteiger partial charge in [-0.3, -0.25) is 9.52 Å². The topological polar surface area (TPSA) is 69.7 Å². The van der Waals surface area contributed by atoms with Crippen molar-refractivity contribution >= 4 is 33.4 Å². The fourth-order valence-corrected chi connectivity index (χ4v) is 4.69. The van der Waals surface area contributed by atoms with Gasteiger partial charge in [0.05, 0.1) is 5.41 Å². The van der Waals surface area contributed by atoms with Crippen LogP contribution in [0.25, 0.3) is 6.08 Å². The second kappa shape index (κ2) is 9.92. The van der Waals surface area contributed by atoms with Gasteiger partial charge in [0.25, 0.3) is 15.9 Å². The van der Waals surface area contributed by atoms with E-state index in [1.807, 2.05) is 78.6 Å². The van der Waals surface area contributed by atoms with Crippen LogP contribution < -0.4 is 9.62 Å². The molecule has 1 aliphatic rings. The normalized spacial score (nSPS) is 14.5. The molecular formula is C26H27N3O3S. The standard InChI is InChI=1S/C26H27N3O3S/c1-21-7-5-6-10-25(21)26(30)29-18-16-28(17-19-29)24-13-11-23(12-14-24)27-33(31,32)20-15-22-8-3-2-4-9-22/h2-15,20,27H,16-19H2,1H3/b20-15+. The Morgan fingerprint density at radius 2 is 1.48 bits per heavy atom. The highest BCUT2D eigenvalue weighted by Crippen LogP contribution is 2.21. The quantitative estimate of drug-likeness (QED) is 0.592. The first-order valence-electron chi connectivity index (χ1n) is 10.9. The molecule has 0 atom stereocenters. The Bertz CT molecular complexity index is 1230. The summed E-state index contributed by atoms with van der Waals surface area (Å²) < 4.78 is 27.3. The number of carbonyl (C=O) groups excluding carboxylic acids is 1. The Balaban J connectivity index is 1.34. The lowest BCUT2D eigenvalue weighted by atomic mass is 10.1. The molecule has 33 heavy (non-hydrogen) atoms. The van der Waals surface area contributed by atoms with Crippen molar-refractivity contribution in [3.05, 3.63) is 101 Å². The van der Waals surface area contributed by atoms with Crippen LogP contribution in [0.2, 0.25) is 0 Å². The molecule has 1 saturated heterocycles. The van der Waals surface area contributed by atoms with Crippen LogP contribution in [0, 0.1) is 6.92 Å². The average Bonchev–Trinajstić information content (AvgIpc) is 2.84. The largest absolute Gasteiger partial charge is 0.368 e. The van der Waals surface area contributed by atoms with Gasteiger partial charge in [-0.2, -0.15) is 0 Å². The van der Waals surface area contributed by atoms with Gasteiger partial charge in [0.15, 0.2) is 0 Å². The molecule has 0 aromatic heterocycles. The number of rotatable bonds is 6. The van der Waals surface area contributed by atoms with Gasteiger partial charge in [-0.25, -0.2) is 8.42 Å². The summed E-state index contributed by atoms with van der Waals surface area (Å²) in [6.07, 6.45) is 1.56. The monoisotopic (exact) mass is 461 g/mol. The minimum atomic E-state index is -3.61. The van der Waals surface area contributed by atoms with Crippen molar-refractivity contribution in [3.8, 4) is 0 Å². The lowest BCUT2D eigenvalue weighted by molar-refractivity contribution is 0.0746.